The van der Waals surface area contributed by atoms with Crippen molar-refractivity contribution in [2.75, 3.05) is 0 Å². The van der Waals surface area contributed by atoms with E-state index in [-0.39, 0.29) is 11.3 Å². The topological polar surface area (TPSA) is 33.0 Å². The van der Waals surface area contributed by atoms with Crippen molar-refractivity contribution in [2.24, 2.45) is 0 Å². The maximum Gasteiger partial charge on any atom is 0.148 e. The van der Waals surface area contributed by atoms with E-state index in [1.807, 2.05) is 43.3 Å². The summed E-state index contributed by atoms with van der Waals surface area (Å²) in [6.07, 6.45) is 1.78. The first-order chi connectivity index (χ1) is 9.26. The SMILES string of the molecule is C/C=C(/Oc1cccc(F)c1C#N)c1ccccc1. The predicted octanol–water partition coefficient (Wildman–Crippen LogP) is 4.14. The van der Waals surface area contributed by atoms with Gasteiger partial charge in [0.25, 0.3) is 0 Å². The number of nitrogens with zero attached hydrogens (tertiary/aromatic N) is 1. The second-order valence-corrected chi connectivity index (χ2v) is 3.85. The van der Waals surface area contributed by atoms with Crippen molar-refractivity contribution in [1.29, 1.82) is 5.26 Å². The van der Waals surface area contributed by atoms with E-state index < -0.39 is 5.82 Å². The van der Waals surface area contributed by atoms with Crippen LogP contribution in [0.15, 0.2) is 54.6 Å². The first-order valence-electron chi connectivity index (χ1n) is 5.84. The number of nitriles is 1. The molecule has 0 saturated heterocycles. The van der Waals surface area contributed by atoms with Crippen molar-refractivity contribution in [3.05, 3.63) is 71.6 Å². The van der Waals surface area contributed by atoms with Gasteiger partial charge in [-0.05, 0) is 25.1 Å². The molecule has 0 bridgehead atoms. The molecule has 0 aliphatic rings. The second-order valence-electron chi connectivity index (χ2n) is 3.85. The van der Waals surface area contributed by atoms with Crippen LogP contribution < -0.4 is 4.74 Å². The van der Waals surface area contributed by atoms with Gasteiger partial charge in [-0.25, -0.2) is 4.39 Å². The molecule has 0 spiro atoms. The van der Waals surface area contributed by atoms with E-state index >= 15 is 0 Å². The van der Waals surface area contributed by atoms with Gasteiger partial charge < -0.3 is 4.74 Å². The fourth-order valence-corrected chi connectivity index (χ4v) is 1.70. The van der Waals surface area contributed by atoms with Crippen molar-refractivity contribution in [3.8, 4) is 11.8 Å². The molecule has 0 aliphatic carbocycles. The fourth-order valence-electron chi connectivity index (χ4n) is 1.70. The van der Waals surface area contributed by atoms with Gasteiger partial charge in [-0.2, -0.15) is 5.26 Å². The number of benzene rings is 2. The fraction of sp³-hybridized carbons (Fsp3) is 0.0625. The minimum atomic E-state index is -0.580. The maximum absolute atomic E-state index is 13.5. The van der Waals surface area contributed by atoms with Crippen LogP contribution >= 0.6 is 0 Å². The molecular weight excluding hydrogens is 241 g/mol. The minimum Gasteiger partial charge on any atom is -0.456 e. The summed E-state index contributed by atoms with van der Waals surface area (Å²) in [5.41, 5.74) is 0.788. The Labute approximate surface area is 111 Å². The summed E-state index contributed by atoms with van der Waals surface area (Å²) in [4.78, 5) is 0. The Morgan fingerprint density at radius 1 is 1.16 bits per heavy atom. The van der Waals surface area contributed by atoms with E-state index in [1.165, 1.54) is 12.1 Å². The van der Waals surface area contributed by atoms with Crippen molar-refractivity contribution in [3.63, 3.8) is 0 Å². The summed E-state index contributed by atoms with van der Waals surface area (Å²) in [6, 6.07) is 15.6. The van der Waals surface area contributed by atoms with Crippen LogP contribution in [0.5, 0.6) is 5.75 Å². The number of halogens is 1. The van der Waals surface area contributed by atoms with Crippen LogP contribution in [0.25, 0.3) is 5.76 Å². The van der Waals surface area contributed by atoms with Crippen molar-refractivity contribution >= 4 is 5.76 Å². The smallest absolute Gasteiger partial charge is 0.148 e. The van der Waals surface area contributed by atoms with E-state index in [2.05, 4.69) is 0 Å². The molecule has 0 saturated carbocycles. The van der Waals surface area contributed by atoms with Gasteiger partial charge >= 0.3 is 0 Å². The van der Waals surface area contributed by atoms with E-state index in [1.54, 1.807) is 12.1 Å². The highest BCUT2D eigenvalue weighted by molar-refractivity contribution is 5.62. The molecule has 0 atom stereocenters. The van der Waals surface area contributed by atoms with Gasteiger partial charge in [-0.15, -0.1) is 0 Å². The third kappa shape index (κ3) is 2.80. The normalized spacial score (nSPS) is 10.9. The van der Waals surface area contributed by atoms with E-state index in [0.717, 1.165) is 5.56 Å². The summed E-state index contributed by atoms with van der Waals surface area (Å²) in [6.45, 7) is 1.83. The van der Waals surface area contributed by atoms with Gasteiger partial charge in [-0.3, -0.25) is 0 Å². The Balaban J connectivity index is 2.36. The van der Waals surface area contributed by atoms with E-state index in [9.17, 15) is 4.39 Å². The first-order valence-corrected chi connectivity index (χ1v) is 5.84. The summed E-state index contributed by atoms with van der Waals surface area (Å²) >= 11 is 0. The Hall–Kier alpha value is -2.60. The molecule has 0 aliphatic heterocycles. The highest BCUT2D eigenvalue weighted by atomic mass is 19.1. The van der Waals surface area contributed by atoms with Crippen LogP contribution in [0.2, 0.25) is 0 Å². The average Bonchev–Trinajstić information content (AvgIpc) is 2.46. The molecule has 2 aromatic rings. The molecule has 0 fully saturated rings. The standard InChI is InChI=1S/C16H12FNO/c1-2-15(12-7-4-3-5-8-12)19-16-10-6-9-14(17)13(16)11-18/h2-10H,1H3/b15-2+. The van der Waals surface area contributed by atoms with Gasteiger partial charge in [0.15, 0.2) is 0 Å². The second kappa shape index (κ2) is 5.83. The van der Waals surface area contributed by atoms with Crippen LogP contribution in [-0.4, -0.2) is 0 Å². The van der Waals surface area contributed by atoms with Crippen molar-refractivity contribution < 1.29 is 9.13 Å². The van der Waals surface area contributed by atoms with Crippen LogP contribution in [0.3, 0.4) is 0 Å². The highest BCUT2D eigenvalue weighted by Crippen LogP contribution is 2.26. The highest BCUT2D eigenvalue weighted by Gasteiger charge is 2.11. The van der Waals surface area contributed by atoms with Crippen LogP contribution in [0, 0.1) is 17.1 Å². The van der Waals surface area contributed by atoms with E-state index in [4.69, 9.17) is 10.00 Å². The Kier molecular flexibility index (Phi) is 3.94. The Bertz CT molecular complexity index is 642. The zero-order valence-electron chi connectivity index (χ0n) is 10.4. The predicted molar refractivity (Wildman–Crippen MR) is 71.8 cm³/mol. The van der Waals surface area contributed by atoms with Crippen molar-refractivity contribution in [2.45, 2.75) is 6.92 Å². The number of rotatable bonds is 3. The molecule has 0 amide bonds. The molecule has 2 nitrogen and oxygen atoms in total. The van der Waals surface area contributed by atoms with Crippen molar-refractivity contribution in [1.82, 2.24) is 0 Å². The molecule has 0 unspecified atom stereocenters. The third-order valence-corrected chi connectivity index (χ3v) is 2.63. The lowest BCUT2D eigenvalue weighted by molar-refractivity contribution is 0.503. The van der Waals surface area contributed by atoms with Crippen LogP contribution in [0.1, 0.15) is 18.1 Å². The largest absolute Gasteiger partial charge is 0.456 e. The molecule has 2 aromatic carbocycles. The van der Waals surface area contributed by atoms with Gasteiger partial charge in [0.05, 0.1) is 0 Å². The molecule has 0 heterocycles. The lowest BCUT2D eigenvalue weighted by atomic mass is 10.1. The lowest BCUT2D eigenvalue weighted by Crippen LogP contribution is -1.98. The molecule has 3 heteroatoms. The first kappa shape index (κ1) is 12.8. The number of ether oxygens (including phenoxy) is 1. The molecule has 0 N–H and O–H groups in total. The zero-order chi connectivity index (χ0) is 13.7. The zero-order valence-corrected chi connectivity index (χ0v) is 10.4. The quantitative estimate of drug-likeness (QED) is 0.770. The molecular formula is C16H12FNO. The summed E-state index contributed by atoms with van der Waals surface area (Å²) in [5, 5.41) is 8.97. The number of allylic oxidation sites excluding steroid dienone is 1. The van der Waals surface area contributed by atoms with E-state index in [0.29, 0.717) is 5.76 Å². The van der Waals surface area contributed by atoms with Gasteiger partial charge in [0, 0.05) is 5.56 Å². The maximum atomic E-state index is 13.5. The monoisotopic (exact) mass is 253 g/mol. The Morgan fingerprint density at radius 3 is 2.53 bits per heavy atom. The van der Waals surface area contributed by atoms with Gasteiger partial charge in [-0.1, -0.05) is 36.4 Å². The lowest BCUT2D eigenvalue weighted by Gasteiger charge is -2.11. The molecule has 0 aromatic heterocycles. The number of hydrogen-bond donors (Lipinski definition) is 0. The Morgan fingerprint density at radius 2 is 1.89 bits per heavy atom. The third-order valence-electron chi connectivity index (χ3n) is 2.63. The van der Waals surface area contributed by atoms with Gasteiger partial charge in [0.1, 0.15) is 29.0 Å². The molecule has 94 valence electrons. The summed E-state index contributed by atoms with van der Waals surface area (Å²) < 4.78 is 19.1. The molecule has 19 heavy (non-hydrogen) atoms. The molecule has 2 rings (SSSR count). The summed E-state index contributed by atoms with van der Waals surface area (Å²) in [7, 11) is 0. The minimum absolute atomic E-state index is 0.0854. The number of hydrogen-bond acceptors (Lipinski definition) is 2. The van der Waals surface area contributed by atoms with Crippen LogP contribution in [-0.2, 0) is 0 Å². The van der Waals surface area contributed by atoms with Gasteiger partial charge in [0.2, 0.25) is 0 Å². The summed E-state index contributed by atoms with van der Waals surface area (Å²) in [5.74, 6) is 0.227. The van der Waals surface area contributed by atoms with Crippen LogP contribution in [0.4, 0.5) is 4.39 Å². The average molecular weight is 253 g/mol. The molecule has 0 radical (unpaired) electrons.